The van der Waals surface area contributed by atoms with E-state index in [0.29, 0.717) is 28.5 Å². The van der Waals surface area contributed by atoms with Crippen LogP contribution >= 0.6 is 0 Å². The lowest BCUT2D eigenvalue weighted by Crippen LogP contribution is -2.37. The van der Waals surface area contributed by atoms with Crippen molar-refractivity contribution in [3.8, 4) is 0 Å². The second kappa shape index (κ2) is 6.28. The van der Waals surface area contributed by atoms with Gasteiger partial charge in [-0.3, -0.25) is 10.1 Å². The molecular formula is C16H20N4O3. The molecule has 23 heavy (non-hydrogen) atoms. The zero-order valence-electron chi connectivity index (χ0n) is 13.3. The first-order chi connectivity index (χ1) is 11.1. The number of likely N-dealkylation sites (tertiary alicyclic amines) is 1. The van der Waals surface area contributed by atoms with Gasteiger partial charge in [-0.15, -0.1) is 0 Å². The first kappa shape index (κ1) is 15.3. The van der Waals surface area contributed by atoms with Gasteiger partial charge in [0.2, 0.25) is 5.95 Å². The van der Waals surface area contributed by atoms with E-state index in [9.17, 15) is 9.59 Å². The predicted molar refractivity (Wildman–Crippen MR) is 86.4 cm³/mol. The van der Waals surface area contributed by atoms with Gasteiger partial charge in [0.05, 0.1) is 18.1 Å². The van der Waals surface area contributed by atoms with Crippen LogP contribution in [-0.4, -0.2) is 47.1 Å². The van der Waals surface area contributed by atoms with Gasteiger partial charge in [0.25, 0.3) is 5.91 Å². The Hall–Kier alpha value is -2.57. The van der Waals surface area contributed by atoms with Crippen molar-refractivity contribution in [2.75, 3.05) is 25.5 Å². The van der Waals surface area contributed by atoms with E-state index in [1.165, 1.54) is 7.11 Å². The molecule has 1 aliphatic heterocycles. The normalized spacial score (nSPS) is 15.7. The summed E-state index contributed by atoms with van der Waals surface area (Å²) < 4.78 is 4.53. The Balaban J connectivity index is 1.79. The summed E-state index contributed by atoms with van der Waals surface area (Å²) >= 11 is 0. The van der Waals surface area contributed by atoms with Crippen molar-refractivity contribution in [1.29, 1.82) is 0 Å². The van der Waals surface area contributed by atoms with E-state index in [4.69, 9.17) is 0 Å². The number of piperidine rings is 1. The molecular weight excluding hydrogens is 296 g/mol. The van der Waals surface area contributed by atoms with E-state index in [0.717, 1.165) is 25.9 Å². The summed E-state index contributed by atoms with van der Waals surface area (Å²) in [5, 5.41) is 2.47. The average Bonchev–Trinajstić information content (AvgIpc) is 2.96. The highest BCUT2D eigenvalue weighted by Gasteiger charge is 2.21. The van der Waals surface area contributed by atoms with E-state index >= 15 is 0 Å². The molecule has 2 aromatic rings. The number of rotatable bonds is 2. The quantitative estimate of drug-likeness (QED) is 0.891. The first-order valence-corrected chi connectivity index (χ1v) is 7.71. The maximum absolute atomic E-state index is 12.6. The van der Waals surface area contributed by atoms with Gasteiger partial charge in [-0.25, -0.2) is 9.78 Å². The number of benzene rings is 1. The maximum Gasteiger partial charge on any atom is 0.413 e. The molecule has 0 atom stereocenters. The third-order valence-electron chi connectivity index (χ3n) is 4.21. The molecule has 2 amide bonds. The molecule has 7 heteroatoms. The zero-order chi connectivity index (χ0) is 16.4. The van der Waals surface area contributed by atoms with E-state index in [1.807, 2.05) is 4.90 Å². The number of hydrogen-bond acceptors (Lipinski definition) is 4. The number of imidazole rings is 1. The number of hydrogen-bond donors (Lipinski definition) is 2. The number of amides is 2. The minimum atomic E-state index is -0.595. The number of aromatic amines is 1. The lowest BCUT2D eigenvalue weighted by Gasteiger charge is -2.30. The highest BCUT2D eigenvalue weighted by atomic mass is 16.5. The highest BCUT2D eigenvalue weighted by molar-refractivity contribution is 5.98. The van der Waals surface area contributed by atoms with Crippen LogP contribution in [0.2, 0.25) is 0 Å². The minimum Gasteiger partial charge on any atom is -0.453 e. The number of methoxy groups -OCH3 is 1. The summed E-state index contributed by atoms with van der Waals surface area (Å²) in [5.41, 5.74) is 2.01. The maximum atomic E-state index is 12.6. The Labute approximate surface area is 134 Å². The SMILES string of the molecule is COC(=O)Nc1nc2ccc(C(=O)N3CCC(C)CC3)cc2[nH]1. The van der Waals surface area contributed by atoms with Crippen LogP contribution in [0.15, 0.2) is 18.2 Å². The molecule has 1 saturated heterocycles. The lowest BCUT2D eigenvalue weighted by atomic mass is 9.98. The molecule has 2 N–H and O–H groups in total. The van der Waals surface area contributed by atoms with E-state index < -0.39 is 6.09 Å². The highest BCUT2D eigenvalue weighted by Crippen LogP contribution is 2.21. The number of carbonyl (C=O) groups is 2. The molecule has 0 bridgehead atoms. The molecule has 7 nitrogen and oxygen atoms in total. The summed E-state index contributed by atoms with van der Waals surface area (Å²) in [5.74, 6) is 1.01. The number of fused-ring (bicyclic) bond motifs is 1. The number of carbonyl (C=O) groups excluding carboxylic acids is 2. The smallest absolute Gasteiger partial charge is 0.413 e. The topological polar surface area (TPSA) is 87.3 Å². The Morgan fingerprint density at radius 2 is 2.09 bits per heavy atom. The van der Waals surface area contributed by atoms with Crippen LogP contribution in [0, 0.1) is 5.92 Å². The van der Waals surface area contributed by atoms with Gasteiger partial charge in [-0.1, -0.05) is 6.92 Å². The van der Waals surface area contributed by atoms with Gasteiger partial charge >= 0.3 is 6.09 Å². The number of nitrogens with one attached hydrogen (secondary N) is 2. The largest absolute Gasteiger partial charge is 0.453 e. The van der Waals surface area contributed by atoms with Crippen LogP contribution in [0.25, 0.3) is 11.0 Å². The number of H-pyrrole nitrogens is 1. The molecule has 0 unspecified atom stereocenters. The van der Waals surface area contributed by atoms with Crippen LogP contribution < -0.4 is 5.32 Å². The number of ether oxygens (including phenoxy) is 1. The van der Waals surface area contributed by atoms with Gasteiger partial charge < -0.3 is 14.6 Å². The fourth-order valence-corrected chi connectivity index (χ4v) is 2.74. The third kappa shape index (κ3) is 3.28. The van der Waals surface area contributed by atoms with Crippen molar-refractivity contribution in [2.45, 2.75) is 19.8 Å². The summed E-state index contributed by atoms with van der Waals surface area (Å²) in [6.45, 7) is 3.82. The molecule has 0 radical (unpaired) electrons. The molecule has 2 heterocycles. The minimum absolute atomic E-state index is 0.0378. The van der Waals surface area contributed by atoms with Crippen molar-refractivity contribution in [3.05, 3.63) is 23.8 Å². The Morgan fingerprint density at radius 3 is 2.78 bits per heavy atom. The van der Waals surface area contributed by atoms with Gasteiger partial charge in [0.1, 0.15) is 0 Å². The van der Waals surface area contributed by atoms with Gasteiger partial charge in [-0.2, -0.15) is 0 Å². The number of aromatic nitrogens is 2. The van der Waals surface area contributed by atoms with Crippen LogP contribution in [0.3, 0.4) is 0 Å². The van der Waals surface area contributed by atoms with E-state index in [-0.39, 0.29) is 5.91 Å². The van der Waals surface area contributed by atoms with Crippen LogP contribution in [0.1, 0.15) is 30.1 Å². The fraction of sp³-hybridized carbons (Fsp3) is 0.438. The Morgan fingerprint density at radius 1 is 1.35 bits per heavy atom. The predicted octanol–water partition coefficient (Wildman–Crippen LogP) is 2.61. The number of anilines is 1. The standard InChI is InChI=1S/C16H20N4O3/c1-10-5-7-20(8-6-10)14(21)11-3-4-12-13(9-11)18-15(17-12)19-16(22)23-2/h3-4,9-10H,5-8H2,1-2H3,(H2,17,18,19,22). The molecule has 1 aromatic carbocycles. The molecule has 1 fully saturated rings. The van der Waals surface area contributed by atoms with Crippen molar-refractivity contribution in [3.63, 3.8) is 0 Å². The zero-order valence-corrected chi connectivity index (χ0v) is 13.3. The van der Waals surface area contributed by atoms with Crippen LogP contribution in [-0.2, 0) is 4.74 Å². The molecule has 3 rings (SSSR count). The first-order valence-electron chi connectivity index (χ1n) is 7.71. The van der Waals surface area contributed by atoms with E-state index in [2.05, 4.69) is 26.9 Å². The van der Waals surface area contributed by atoms with Gasteiger partial charge in [0, 0.05) is 18.7 Å². The van der Waals surface area contributed by atoms with Crippen molar-refractivity contribution >= 4 is 29.0 Å². The van der Waals surface area contributed by atoms with Crippen molar-refractivity contribution < 1.29 is 14.3 Å². The summed E-state index contributed by atoms with van der Waals surface area (Å²) in [4.78, 5) is 32.9. The van der Waals surface area contributed by atoms with Crippen LogP contribution in [0.4, 0.5) is 10.7 Å². The Kier molecular flexibility index (Phi) is 4.18. The number of nitrogens with zero attached hydrogens (tertiary/aromatic N) is 2. The van der Waals surface area contributed by atoms with Gasteiger partial charge in [-0.05, 0) is 37.0 Å². The molecule has 0 saturated carbocycles. The molecule has 1 aliphatic rings. The summed E-state index contributed by atoms with van der Waals surface area (Å²) in [6.07, 6.45) is 1.50. The lowest BCUT2D eigenvalue weighted by molar-refractivity contribution is 0.0697. The second-order valence-corrected chi connectivity index (χ2v) is 5.91. The van der Waals surface area contributed by atoms with Crippen molar-refractivity contribution in [2.24, 2.45) is 5.92 Å². The summed E-state index contributed by atoms with van der Waals surface area (Å²) in [6, 6.07) is 5.31. The molecule has 1 aromatic heterocycles. The Bertz CT molecular complexity index is 732. The third-order valence-corrected chi connectivity index (χ3v) is 4.21. The average molecular weight is 316 g/mol. The molecule has 0 aliphatic carbocycles. The monoisotopic (exact) mass is 316 g/mol. The second-order valence-electron chi connectivity index (χ2n) is 5.91. The summed E-state index contributed by atoms with van der Waals surface area (Å²) in [7, 11) is 1.29. The van der Waals surface area contributed by atoms with Crippen molar-refractivity contribution in [1.82, 2.24) is 14.9 Å². The fourth-order valence-electron chi connectivity index (χ4n) is 2.74. The molecule has 0 spiro atoms. The van der Waals surface area contributed by atoms with Gasteiger partial charge in [0.15, 0.2) is 0 Å². The van der Waals surface area contributed by atoms with Crippen LogP contribution in [0.5, 0.6) is 0 Å². The molecule has 122 valence electrons. The van der Waals surface area contributed by atoms with E-state index in [1.54, 1.807) is 18.2 Å².